The van der Waals surface area contributed by atoms with Gasteiger partial charge in [-0.3, -0.25) is 0 Å². The van der Waals surface area contributed by atoms with Crippen molar-refractivity contribution in [2.75, 3.05) is 0 Å². The Morgan fingerprint density at radius 1 is 0.408 bits per heavy atom. The summed E-state index contributed by atoms with van der Waals surface area (Å²) in [6.45, 7) is 0. The van der Waals surface area contributed by atoms with E-state index in [-0.39, 0.29) is 4.28 Å². The molecule has 0 N–H and O–H groups in total. The van der Waals surface area contributed by atoms with E-state index in [1.54, 1.807) is 12.1 Å². The molecule has 49 heavy (non-hydrogen) atoms. The molecule has 4 nitrogen and oxygen atoms in total. The summed E-state index contributed by atoms with van der Waals surface area (Å²) in [5.74, 6) is 0. The third-order valence-electron chi connectivity index (χ3n) is 8.92. The molecule has 0 saturated carbocycles. The topological polar surface area (TPSA) is 57.4 Å². The van der Waals surface area contributed by atoms with Crippen molar-refractivity contribution in [1.29, 1.82) is 10.5 Å². The van der Waals surface area contributed by atoms with E-state index in [0.717, 1.165) is 21.2 Å². The number of nitrogens with zero attached hydrogens (tertiary/aromatic N) is 4. The molecule has 0 aliphatic carbocycles. The smallest absolute Gasteiger partial charge is 0.0991 e. The summed E-state index contributed by atoms with van der Waals surface area (Å²) >= 11 is 3.27. The van der Waals surface area contributed by atoms with E-state index >= 15 is 0 Å². The maximum atomic E-state index is 9.27. The molecular weight excluding hydrogens is 664 g/mol. The molecular formula is C44H33BrN4. The lowest BCUT2D eigenvalue weighted by molar-refractivity contribution is 1.18. The average molecular weight is 698 g/mol. The standard InChI is InChI=1S/C37H23N3.C7H4BrN.3H2/c38-24-25-14-18-29(19-15-25)40-35-13-7-5-11-31(35)33-23-27(17-21-37(33)40)26-16-20-36-32(22-26)30-10-4-6-12-34(30)39(36)28-8-2-1-3-9-28;8-7-3-1-6(5-9)2-4-7;;;/h1-23H;1-4H;3*1H. The van der Waals surface area contributed by atoms with E-state index in [2.05, 4.69) is 146 Å². The highest BCUT2D eigenvalue weighted by Gasteiger charge is 2.15. The highest BCUT2D eigenvalue weighted by atomic mass is 79.9. The van der Waals surface area contributed by atoms with Crippen LogP contribution in [0.25, 0.3) is 66.1 Å². The van der Waals surface area contributed by atoms with Crippen molar-refractivity contribution in [2.45, 2.75) is 0 Å². The Morgan fingerprint density at radius 2 is 0.816 bits per heavy atom. The minimum Gasteiger partial charge on any atom is -0.309 e. The predicted molar refractivity (Wildman–Crippen MR) is 210 cm³/mol. The normalized spacial score (nSPS) is 10.9. The summed E-state index contributed by atoms with van der Waals surface area (Å²) in [4.78, 5) is 0. The summed E-state index contributed by atoms with van der Waals surface area (Å²) in [5, 5.41) is 22.6. The van der Waals surface area contributed by atoms with Crippen LogP contribution in [0.5, 0.6) is 0 Å². The second kappa shape index (κ2) is 12.7. The Hall–Kier alpha value is -6.40. The molecule has 9 aromatic rings. The number of hydrogen-bond acceptors (Lipinski definition) is 2. The number of para-hydroxylation sites is 3. The molecule has 0 aliphatic heterocycles. The third-order valence-corrected chi connectivity index (χ3v) is 9.45. The van der Waals surface area contributed by atoms with Crippen molar-refractivity contribution in [3.63, 3.8) is 0 Å². The summed E-state index contributed by atoms with van der Waals surface area (Å²) in [5.41, 5.74) is 10.7. The van der Waals surface area contributed by atoms with Gasteiger partial charge in [0.05, 0.1) is 45.3 Å². The second-order valence-corrected chi connectivity index (χ2v) is 12.7. The van der Waals surface area contributed by atoms with Crippen LogP contribution in [-0.2, 0) is 0 Å². The van der Waals surface area contributed by atoms with Gasteiger partial charge in [0.1, 0.15) is 0 Å². The lowest BCUT2D eigenvalue weighted by atomic mass is 10.0. The first-order valence-electron chi connectivity index (χ1n) is 15.9. The maximum absolute atomic E-state index is 9.27. The quantitative estimate of drug-likeness (QED) is 0.185. The molecule has 0 aliphatic rings. The molecule has 7 aromatic carbocycles. The van der Waals surface area contributed by atoms with Gasteiger partial charge in [0.15, 0.2) is 0 Å². The van der Waals surface area contributed by atoms with Crippen LogP contribution in [0.3, 0.4) is 0 Å². The monoisotopic (exact) mass is 696 g/mol. The van der Waals surface area contributed by atoms with Crippen LogP contribution in [0.4, 0.5) is 0 Å². The van der Waals surface area contributed by atoms with E-state index in [0.29, 0.717) is 11.1 Å². The first kappa shape index (κ1) is 30.0. The van der Waals surface area contributed by atoms with Gasteiger partial charge < -0.3 is 9.13 Å². The minimum absolute atomic E-state index is 0. The van der Waals surface area contributed by atoms with Crippen LogP contribution in [-0.4, -0.2) is 9.13 Å². The van der Waals surface area contributed by atoms with Gasteiger partial charge in [-0.05, 0) is 108 Å². The number of hydrogen-bond donors (Lipinski definition) is 0. The fourth-order valence-electron chi connectivity index (χ4n) is 6.65. The molecule has 9 rings (SSSR count). The molecule has 0 amide bonds. The van der Waals surface area contributed by atoms with Gasteiger partial charge in [0.25, 0.3) is 0 Å². The Morgan fingerprint density at radius 3 is 1.31 bits per heavy atom. The molecule has 236 valence electrons. The molecule has 2 heterocycles. The molecule has 0 bridgehead atoms. The number of fused-ring (bicyclic) bond motifs is 6. The molecule has 5 heteroatoms. The zero-order valence-corrected chi connectivity index (χ0v) is 27.8. The molecule has 0 saturated heterocycles. The van der Waals surface area contributed by atoms with Crippen molar-refractivity contribution in [3.05, 3.63) is 179 Å². The Balaban J connectivity index is 0.000000385. The lowest BCUT2D eigenvalue weighted by Gasteiger charge is -2.09. The summed E-state index contributed by atoms with van der Waals surface area (Å²) in [6, 6.07) is 60.6. The van der Waals surface area contributed by atoms with Gasteiger partial charge >= 0.3 is 0 Å². The lowest BCUT2D eigenvalue weighted by Crippen LogP contribution is -1.93. The van der Waals surface area contributed by atoms with Gasteiger partial charge in [0, 0.05) is 41.7 Å². The van der Waals surface area contributed by atoms with Gasteiger partial charge in [0.2, 0.25) is 0 Å². The number of aromatic nitrogens is 2. The fourth-order valence-corrected chi connectivity index (χ4v) is 6.91. The molecule has 0 atom stereocenters. The Labute approximate surface area is 296 Å². The molecule has 0 unspecified atom stereocenters. The molecule has 2 aromatic heterocycles. The van der Waals surface area contributed by atoms with Gasteiger partial charge in [-0.25, -0.2) is 0 Å². The van der Waals surface area contributed by atoms with Crippen LogP contribution in [0.15, 0.2) is 168 Å². The highest BCUT2D eigenvalue weighted by molar-refractivity contribution is 9.10. The van der Waals surface area contributed by atoms with Crippen molar-refractivity contribution in [2.24, 2.45) is 0 Å². The minimum atomic E-state index is 0. The zero-order valence-electron chi connectivity index (χ0n) is 26.3. The maximum Gasteiger partial charge on any atom is 0.0991 e. The van der Waals surface area contributed by atoms with Gasteiger partial charge in [-0.2, -0.15) is 10.5 Å². The first-order valence-corrected chi connectivity index (χ1v) is 16.7. The van der Waals surface area contributed by atoms with Crippen molar-refractivity contribution < 1.29 is 4.28 Å². The van der Waals surface area contributed by atoms with Crippen LogP contribution in [0.1, 0.15) is 15.4 Å². The second-order valence-electron chi connectivity index (χ2n) is 11.8. The average Bonchev–Trinajstić information content (AvgIpc) is 3.68. The van der Waals surface area contributed by atoms with E-state index in [1.807, 2.05) is 42.5 Å². The van der Waals surface area contributed by atoms with E-state index < -0.39 is 0 Å². The summed E-state index contributed by atoms with van der Waals surface area (Å²) < 4.78 is 5.64. The molecule has 0 spiro atoms. The number of rotatable bonds is 3. The van der Waals surface area contributed by atoms with Crippen LogP contribution in [0, 0.1) is 22.7 Å². The van der Waals surface area contributed by atoms with E-state index in [1.165, 1.54) is 49.4 Å². The van der Waals surface area contributed by atoms with Crippen LogP contribution in [0.2, 0.25) is 0 Å². The van der Waals surface area contributed by atoms with E-state index in [4.69, 9.17) is 5.26 Å². The summed E-state index contributed by atoms with van der Waals surface area (Å²) in [6.07, 6.45) is 0. The predicted octanol–water partition coefficient (Wildman–Crippen LogP) is 12.5. The zero-order chi connectivity index (χ0) is 33.3. The number of nitriles is 2. The van der Waals surface area contributed by atoms with Crippen LogP contribution < -0.4 is 0 Å². The largest absolute Gasteiger partial charge is 0.309 e. The summed E-state index contributed by atoms with van der Waals surface area (Å²) in [7, 11) is 0. The first-order chi connectivity index (χ1) is 24.1. The van der Waals surface area contributed by atoms with Crippen molar-refractivity contribution in [3.8, 4) is 34.6 Å². The third kappa shape index (κ3) is 5.43. The van der Waals surface area contributed by atoms with E-state index in [9.17, 15) is 5.26 Å². The Kier molecular flexibility index (Phi) is 7.74. The van der Waals surface area contributed by atoms with Gasteiger partial charge in [-0.15, -0.1) is 0 Å². The SMILES string of the molecule is N#Cc1ccc(-n2c3ccccc3c3cc(-c4ccc5c(c4)c4ccccc4n5-c4ccccc4)ccc32)cc1.N#Cc1ccc(Br)cc1.[HH].[HH].[HH]. The molecule has 0 radical (unpaired) electrons. The fraction of sp³-hybridized carbons (Fsp3) is 0. The van der Waals surface area contributed by atoms with Crippen molar-refractivity contribution in [1.82, 2.24) is 9.13 Å². The Bertz CT molecular complexity index is 2740. The highest BCUT2D eigenvalue weighted by Crippen LogP contribution is 2.38. The number of benzene rings is 7. The van der Waals surface area contributed by atoms with Crippen LogP contribution >= 0.6 is 15.9 Å². The molecule has 0 fully saturated rings. The van der Waals surface area contributed by atoms with Gasteiger partial charge in [-0.1, -0.05) is 82.7 Å². The van der Waals surface area contributed by atoms with Crippen molar-refractivity contribution >= 4 is 59.5 Å². The number of halogens is 1.